The Morgan fingerprint density at radius 2 is 2.33 bits per heavy atom. The van der Waals surface area contributed by atoms with Gasteiger partial charge in [0.25, 0.3) is 0 Å². The van der Waals surface area contributed by atoms with Crippen LogP contribution in [0.2, 0.25) is 0 Å². The number of imidazole rings is 1. The van der Waals surface area contributed by atoms with Crippen LogP contribution in [0, 0.1) is 0 Å². The molecule has 15 heavy (non-hydrogen) atoms. The van der Waals surface area contributed by atoms with Gasteiger partial charge in [0.2, 0.25) is 0 Å². The average Bonchev–Trinajstić information content (AvgIpc) is 2.66. The first-order valence-corrected chi connectivity index (χ1v) is 5.48. The zero-order chi connectivity index (χ0) is 10.7. The third-order valence-electron chi connectivity index (χ3n) is 2.12. The van der Waals surface area contributed by atoms with Gasteiger partial charge in [-0.2, -0.15) is 0 Å². The van der Waals surface area contributed by atoms with Crippen molar-refractivity contribution in [3.05, 3.63) is 53.8 Å². The van der Waals surface area contributed by atoms with Crippen molar-refractivity contribution < 1.29 is 0 Å². The monoisotopic (exact) mass is 262 g/mol. The van der Waals surface area contributed by atoms with Crippen LogP contribution < -0.4 is 0 Å². The molecule has 3 heteroatoms. The lowest BCUT2D eigenvalue weighted by atomic mass is 10.2. The summed E-state index contributed by atoms with van der Waals surface area (Å²) in [4.78, 5) is 4.34. The van der Waals surface area contributed by atoms with Crippen molar-refractivity contribution in [1.82, 2.24) is 9.55 Å². The number of halogens is 1. The standard InChI is InChI=1S/C12H11BrN2/c1-2-7-15-8-6-14-12(15)10-4-3-5-11(13)9-10/h2-6,8-9H,1,7H2. The van der Waals surface area contributed by atoms with Crippen LogP contribution in [0.25, 0.3) is 11.4 Å². The molecule has 0 spiro atoms. The quantitative estimate of drug-likeness (QED) is 0.775. The van der Waals surface area contributed by atoms with Crippen LogP contribution in [0.1, 0.15) is 0 Å². The lowest BCUT2D eigenvalue weighted by Crippen LogP contribution is -1.96. The van der Waals surface area contributed by atoms with Crippen molar-refractivity contribution in [3.8, 4) is 11.4 Å². The Bertz CT molecular complexity index is 474. The van der Waals surface area contributed by atoms with Crippen molar-refractivity contribution in [2.75, 3.05) is 0 Å². The number of hydrogen-bond donors (Lipinski definition) is 0. The highest BCUT2D eigenvalue weighted by Gasteiger charge is 2.04. The molecule has 2 aromatic rings. The molecule has 0 aliphatic rings. The fraction of sp³-hybridized carbons (Fsp3) is 0.0833. The van der Waals surface area contributed by atoms with E-state index >= 15 is 0 Å². The van der Waals surface area contributed by atoms with E-state index in [1.807, 2.05) is 30.5 Å². The van der Waals surface area contributed by atoms with Crippen LogP contribution in [-0.2, 0) is 6.54 Å². The first-order valence-electron chi connectivity index (χ1n) is 4.69. The summed E-state index contributed by atoms with van der Waals surface area (Å²) in [5, 5.41) is 0. The van der Waals surface area contributed by atoms with Gasteiger partial charge in [0.1, 0.15) is 5.82 Å². The van der Waals surface area contributed by atoms with Crippen LogP contribution in [0.4, 0.5) is 0 Å². The number of hydrogen-bond acceptors (Lipinski definition) is 1. The second-order valence-electron chi connectivity index (χ2n) is 3.20. The Kier molecular flexibility index (Phi) is 3.02. The number of aromatic nitrogens is 2. The van der Waals surface area contributed by atoms with Gasteiger partial charge >= 0.3 is 0 Å². The highest BCUT2D eigenvalue weighted by molar-refractivity contribution is 9.10. The Morgan fingerprint density at radius 1 is 1.47 bits per heavy atom. The largest absolute Gasteiger partial charge is 0.327 e. The van der Waals surface area contributed by atoms with Crippen molar-refractivity contribution >= 4 is 15.9 Å². The van der Waals surface area contributed by atoms with Crippen molar-refractivity contribution in [1.29, 1.82) is 0 Å². The van der Waals surface area contributed by atoms with Crippen LogP contribution >= 0.6 is 15.9 Å². The highest BCUT2D eigenvalue weighted by Crippen LogP contribution is 2.21. The van der Waals surface area contributed by atoms with Gasteiger partial charge < -0.3 is 4.57 Å². The fourth-order valence-electron chi connectivity index (χ4n) is 1.48. The number of allylic oxidation sites excluding steroid dienone is 1. The SMILES string of the molecule is C=CCn1ccnc1-c1cccc(Br)c1. The molecule has 0 bridgehead atoms. The average molecular weight is 263 g/mol. The first-order chi connectivity index (χ1) is 7.31. The van der Waals surface area contributed by atoms with E-state index in [2.05, 4.69) is 38.1 Å². The normalized spacial score (nSPS) is 10.2. The van der Waals surface area contributed by atoms with E-state index in [9.17, 15) is 0 Å². The fourth-order valence-corrected chi connectivity index (χ4v) is 1.88. The van der Waals surface area contributed by atoms with Gasteiger partial charge in [0.15, 0.2) is 0 Å². The zero-order valence-corrected chi connectivity index (χ0v) is 9.81. The predicted molar refractivity (Wildman–Crippen MR) is 65.6 cm³/mol. The van der Waals surface area contributed by atoms with Crippen molar-refractivity contribution in [2.45, 2.75) is 6.54 Å². The van der Waals surface area contributed by atoms with Gasteiger partial charge in [-0.1, -0.05) is 34.1 Å². The van der Waals surface area contributed by atoms with Gasteiger partial charge in [0.05, 0.1) is 0 Å². The van der Waals surface area contributed by atoms with Gasteiger partial charge in [-0.3, -0.25) is 0 Å². The summed E-state index contributed by atoms with van der Waals surface area (Å²) >= 11 is 3.45. The highest BCUT2D eigenvalue weighted by atomic mass is 79.9. The number of benzene rings is 1. The second kappa shape index (κ2) is 4.45. The topological polar surface area (TPSA) is 17.8 Å². The molecule has 0 aliphatic heterocycles. The van der Waals surface area contributed by atoms with E-state index in [1.54, 1.807) is 6.20 Å². The molecule has 2 rings (SSSR count). The van der Waals surface area contributed by atoms with Gasteiger partial charge in [-0.25, -0.2) is 4.98 Å². The number of nitrogens with zero attached hydrogens (tertiary/aromatic N) is 2. The van der Waals surface area contributed by atoms with Crippen molar-refractivity contribution in [3.63, 3.8) is 0 Å². The molecule has 0 saturated carbocycles. The zero-order valence-electron chi connectivity index (χ0n) is 8.23. The van der Waals surface area contributed by atoms with Crippen LogP contribution in [0.5, 0.6) is 0 Å². The minimum Gasteiger partial charge on any atom is -0.327 e. The van der Waals surface area contributed by atoms with Crippen molar-refractivity contribution in [2.24, 2.45) is 0 Å². The van der Waals surface area contributed by atoms with E-state index in [-0.39, 0.29) is 0 Å². The second-order valence-corrected chi connectivity index (χ2v) is 4.12. The first kappa shape index (κ1) is 10.2. The number of rotatable bonds is 3. The lowest BCUT2D eigenvalue weighted by molar-refractivity contribution is 0.832. The molecule has 0 radical (unpaired) electrons. The van der Waals surface area contributed by atoms with E-state index in [0.717, 1.165) is 22.4 Å². The van der Waals surface area contributed by atoms with Crippen LogP contribution in [0.15, 0.2) is 53.8 Å². The molecule has 0 atom stereocenters. The lowest BCUT2D eigenvalue weighted by Gasteiger charge is -2.05. The summed E-state index contributed by atoms with van der Waals surface area (Å²) in [5.74, 6) is 0.969. The molecule has 0 unspecified atom stereocenters. The molecular formula is C12H11BrN2. The molecule has 1 aromatic carbocycles. The Hall–Kier alpha value is -1.35. The van der Waals surface area contributed by atoms with Gasteiger partial charge in [-0.05, 0) is 12.1 Å². The maximum atomic E-state index is 4.34. The van der Waals surface area contributed by atoms with E-state index in [4.69, 9.17) is 0 Å². The minimum absolute atomic E-state index is 0.780. The smallest absolute Gasteiger partial charge is 0.140 e. The maximum absolute atomic E-state index is 4.34. The van der Waals surface area contributed by atoms with Crippen LogP contribution in [0.3, 0.4) is 0 Å². The predicted octanol–water partition coefficient (Wildman–Crippen LogP) is 3.50. The molecule has 1 heterocycles. The molecule has 0 saturated heterocycles. The molecule has 0 fully saturated rings. The van der Waals surface area contributed by atoms with Crippen LogP contribution in [-0.4, -0.2) is 9.55 Å². The van der Waals surface area contributed by atoms with E-state index in [0.29, 0.717) is 0 Å². The van der Waals surface area contributed by atoms with E-state index < -0.39 is 0 Å². The Morgan fingerprint density at radius 3 is 3.07 bits per heavy atom. The molecule has 0 amide bonds. The van der Waals surface area contributed by atoms with Gasteiger partial charge in [0, 0.05) is 29.0 Å². The van der Waals surface area contributed by atoms with Gasteiger partial charge in [-0.15, -0.1) is 6.58 Å². The molecular weight excluding hydrogens is 252 g/mol. The summed E-state index contributed by atoms with van der Waals surface area (Å²) in [7, 11) is 0. The molecule has 76 valence electrons. The molecule has 2 nitrogen and oxygen atoms in total. The summed E-state index contributed by atoms with van der Waals surface area (Å²) in [6.45, 7) is 4.51. The maximum Gasteiger partial charge on any atom is 0.140 e. The Balaban J connectivity index is 2.44. The third-order valence-corrected chi connectivity index (χ3v) is 2.62. The summed E-state index contributed by atoms with van der Waals surface area (Å²) in [6, 6.07) is 8.12. The van der Waals surface area contributed by atoms with E-state index in [1.165, 1.54) is 0 Å². The minimum atomic E-state index is 0.780. The molecule has 1 aromatic heterocycles. The summed E-state index contributed by atoms with van der Waals surface area (Å²) in [5.41, 5.74) is 1.11. The molecule has 0 aliphatic carbocycles. The third kappa shape index (κ3) is 2.18. The summed E-state index contributed by atoms with van der Waals surface area (Å²) < 4.78 is 3.13. The Labute approximate surface area is 97.4 Å². The summed E-state index contributed by atoms with van der Waals surface area (Å²) in [6.07, 6.45) is 5.63. The molecule has 0 N–H and O–H groups in total.